The Hall–Kier alpha value is -1.61. The molecule has 0 saturated heterocycles. The molecule has 1 heterocycles. The molecule has 0 amide bonds. The summed E-state index contributed by atoms with van der Waals surface area (Å²) in [6.45, 7) is 7.08. The lowest BCUT2D eigenvalue weighted by Crippen LogP contribution is -2.13. The molecule has 3 N–H and O–H groups in total. The summed E-state index contributed by atoms with van der Waals surface area (Å²) < 4.78 is 0. The van der Waals surface area contributed by atoms with Crippen molar-refractivity contribution in [2.24, 2.45) is 5.73 Å². The lowest BCUT2D eigenvalue weighted by Gasteiger charge is -2.09. The molecule has 0 spiro atoms. The largest absolute Gasteiger partial charge is 0.345 e. The molecule has 3 heteroatoms. The van der Waals surface area contributed by atoms with E-state index in [1.54, 1.807) is 0 Å². The van der Waals surface area contributed by atoms with Gasteiger partial charge in [0, 0.05) is 23.7 Å². The number of aryl methyl sites for hydroxylation is 2. The van der Waals surface area contributed by atoms with Gasteiger partial charge in [-0.3, -0.25) is 0 Å². The highest BCUT2D eigenvalue weighted by molar-refractivity contribution is 5.62. The predicted octanol–water partition coefficient (Wildman–Crippen LogP) is 3.79. The third kappa shape index (κ3) is 3.10. The summed E-state index contributed by atoms with van der Waals surface area (Å²) in [6.07, 6.45) is 3.27. The number of rotatable bonds is 6. The van der Waals surface area contributed by atoms with Gasteiger partial charge in [0.15, 0.2) is 0 Å². The molecule has 1 aromatic heterocycles. The Bertz CT molecular complexity index is 540. The summed E-state index contributed by atoms with van der Waals surface area (Å²) in [5.41, 5.74) is 10.6. The van der Waals surface area contributed by atoms with Crippen molar-refractivity contribution in [2.45, 2.75) is 46.0 Å². The van der Waals surface area contributed by atoms with Crippen LogP contribution in [0, 0.1) is 6.92 Å². The normalized spacial score (nSPS) is 12.6. The van der Waals surface area contributed by atoms with E-state index >= 15 is 0 Å². The van der Waals surface area contributed by atoms with E-state index in [4.69, 9.17) is 10.7 Å². The van der Waals surface area contributed by atoms with Gasteiger partial charge in [-0.2, -0.15) is 0 Å². The number of benzene rings is 1. The van der Waals surface area contributed by atoms with E-state index in [0.29, 0.717) is 12.5 Å². The number of hydrogen-bond acceptors (Lipinski definition) is 2. The molecule has 1 unspecified atom stereocenters. The van der Waals surface area contributed by atoms with Crippen molar-refractivity contribution in [3.8, 4) is 11.3 Å². The van der Waals surface area contributed by atoms with Crippen LogP contribution in [0.4, 0.5) is 0 Å². The second kappa shape index (κ2) is 6.71. The zero-order chi connectivity index (χ0) is 14.5. The third-order valence-electron chi connectivity index (χ3n) is 3.85. The van der Waals surface area contributed by atoms with E-state index in [-0.39, 0.29) is 0 Å². The molecule has 1 aromatic carbocycles. The number of imidazole rings is 1. The second-order valence-electron chi connectivity index (χ2n) is 5.37. The quantitative estimate of drug-likeness (QED) is 0.840. The fourth-order valence-corrected chi connectivity index (χ4v) is 2.57. The average molecular weight is 271 g/mol. The highest BCUT2D eigenvalue weighted by atomic mass is 14.9. The number of aromatic amines is 1. The number of aromatic nitrogens is 2. The number of nitrogens with zero attached hydrogens (tertiary/aromatic N) is 1. The molecule has 0 radical (unpaired) electrons. The van der Waals surface area contributed by atoms with E-state index in [0.717, 1.165) is 36.5 Å². The monoisotopic (exact) mass is 271 g/mol. The molecule has 20 heavy (non-hydrogen) atoms. The fourth-order valence-electron chi connectivity index (χ4n) is 2.57. The minimum Gasteiger partial charge on any atom is -0.345 e. The van der Waals surface area contributed by atoms with Crippen LogP contribution in [0.25, 0.3) is 11.3 Å². The predicted molar refractivity (Wildman–Crippen MR) is 84.8 cm³/mol. The van der Waals surface area contributed by atoms with Gasteiger partial charge in [0.05, 0.1) is 5.69 Å². The lowest BCUT2D eigenvalue weighted by molar-refractivity contribution is 0.594. The van der Waals surface area contributed by atoms with Gasteiger partial charge in [-0.25, -0.2) is 4.98 Å². The van der Waals surface area contributed by atoms with Crippen LogP contribution in [0.15, 0.2) is 24.3 Å². The Morgan fingerprint density at radius 2 is 1.90 bits per heavy atom. The van der Waals surface area contributed by atoms with Gasteiger partial charge < -0.3 is 10.7 Å². The summed E-state index contributed by atoms with van der Waals surface area (Å²) >= 11 is 0. The first kappa shape index (κ1) is 14.8. The Labute approximate surface area is 121 Å². The summed E-state index contributed by atoms with van der Waals surface area (Å²) in [5.74, 6) is 1.36. The van der Waals surface area contributed by atoms with Crippen molar-refractivity contribution in [1.29, 1.82) is 0 Å². The van der Waals surface area contributed by atoms with E-state index in [2.05, 4.69) is 50.0 Å². The Kier molecular flexibility index (Phi) is 4.96. The van der Waals surface area contributed by atoms with Gasteiger partial charge in [-0.15, -0.1) is 0 Å². The van der Waals surface area contributed by atoms with Gasteiger partial charge in [0.25, 0.3) is 0 Å². The highest BCUT2D eigenvalue weighted by Gasteiger charge is 2.16. The van der Waals surface area contributed by atoms with Crippen molar-refractivity contribution >= 4 is 0 Å². The summed E-state index contributed by atoms with van der Waals surface area (Å²) in [6, 6.07) is 8.66. The molecule has 0 aliphatic rings. The standard InChI is InChI=1S/C17H25N3/c1-4-6-15(11-18)17-19-12(3)16(20-17)14-9-7-13(5-2)8-10-14/h7-10,15H,4-6,11,18H2,1-3H3,(H,19,20). The highest BCUT2D eigenvalue weighted by Crippen LogP contribution is 2.26. The van der Waals surface area contributed by atoms with Gasteiger partial charge >= 0.3 is 0 Å². The van der Waals surface area contributed by atoms with E-state index in [1.807, 2.05) is 0 Å². The molecular weight excluding hydrogens is 246 g/mol. The van der Waals surface area contributed by atoms with Crippen molar-refractivity contribution in [3.63, 3.8) is 0 Å². The molecule has 2 rings (SSSR count). The average Bonchev–Trinajstić information content (AvgIpc) is 2.86. The van der Waals surface area contributed by atoms with Crippen LogP contribution in [0.5, 0.6) is 0 Å². The fraction of sp³-hybridized carbons (Fsp3) is 0.471. The maximum absolute atomic E-state index is 5.87. The summed E-state index contributed by atoms with van der Waals surface area (Å²) in [5, 5.41) is 0. The first-order valence-electron chi connectivity index (χ1n) is 7.55. The minimum absolute atomic E-state index is 0.336. The van der Waals surface area contributed by atoms with E-state index in [9.17, 15) is 0 Å². The molecule has 0 saturated carbocycles. The summed E-state index contributed by atoms with van der Waals surface area (Å²) in [7, 11) is 0. The minimum atomic E-state index is 0.336. The molecule has 0 bridgehead atoms. The van der Waals surface area contributed by atoms with Crippen LogP contribution in [-0.4, -0.2) is 16.5 Å². The molecule has 1 atom stereocenters. The van der Waals surface area contributed by atoms with Crippen molar-refractivity contribution < 1.29 is 0 Å². The van der Waals surface area contributed by atoms with Crippen LogP contribution < -0.4 is 5.73 Å². The maximum atomic E-state index is 5.87. The van der Waals surface area contributed by atoms with Crippen LogP contribution in [-0.2, 0) is 6.42 Å². The molecule has 0 aliphatic heterocycles. The second-order valence-corrected chi connectivity index (χ2v) is 5.37. The third-order valence-corrected chi connectivity index (χ3v) is 3.85. The first-order valence-corrected chi connectivity index (χ1v) is 7.55. The maximum Gasteiger partial charge on any atom is 0.111 e. The lowest BCUT2D eigenvalue weighted by atomic mass is 10.0. The number of nitrogens with two attached hydrogens (primary N) is 1. The topological polar surface area (TPSA) is 54.7 Å². The van der Waals surface area contributed by atoms with Crippen molar-refractivity contribution in [2.75, 3.05) is 6.54 Å². The van der Waals surface area contributed by atoms with Crippen LogP contribution in [0.2, 0.25) is 0 Å². The molecule has 2 aromatic rings. The van der Waals surface area contributed by atoms with Gasteiger partial charge in [0.2, 0.25) is 0 Å². The Morgan fingerprint density at radius 1 is 1.20 bits per heavy atom. The van der Waals surface area contributed by atoms with Gasteiger partial charge in [-0.1, -0.05) is 44.5 Å². The van der Waals surface area contributed by atoms with E-state index < -0.39 is 0 Å². The van der Waals surface area contributed by atoms with Gasteiger partial charge in [0.1, 0.15) is 5.82 Å². The number of hydrogen-bond donors (Lipinski definition) is 2. The Morgan fingerprint density at radius 3 is 2.45 bits per heavy atom. The Balaban J connectivity index is 2.30. The van der Waals surface area contributed by atoms with Crippen LogP contribution in [0.1, 0.15) is 49.7 Å². The molecule has 0 fully saturated rings. The first-order chi connectivity index (χ1) is 9.69. The SMILES string of the molecule is CCCC(CN)c1nc(-c2ccc(CC)cc2)c(C)[nH]1. The number of nitrogens with one attached hydrogen (secondary N) is 1. The summed E-state index contributed by atoms with van der Waals surface area (Å²) in [4.78, 5) is 8.21. The smallest absolute Gasteiger partial charge is 0.111 e. The van der Waals surface area contributed by atoms with Crippen LogP contribution >= 0.6 is 0 Å². The van der Waals surface area contributed by atoms with Crippen LogP contribution in [0.3, 0.4) is 0 Å². The molecule has 0 aliphatic carbocycles. The number of H-pyrrole nitrogens is 1. The van der Waals surface area contributed by atoms with E-state index in [1.165, 1.54) is 11.1 Å². The molecular formula is C17H25N3. The van der Waals surface area contributed by atoms with Crippen molar-refractivity contribution in [1.82, 2.24) is 9.97 Å². The van der Waals surface area contributed by atoms with Crippen molar-refractivity contribution in [3.05, 3.63) is 41.3 Å². The zero-order valence-corrected chi connectivity index (χ0v) is 12.7. The zero-order valence-electron chi connectivity index (χ0n) is 12.7. The molecule has 3 nitrogen and oxygen atoms in total. The molecule has 108 valence electrons. The van der Waals surface area contributed by atoms with Gasteiger partial charge in [-0.05, 0) is 25.3 Å².